The Balaban J connectivity index is 1.57. The largest absolute Gasteiger partial charge is 0.381 e. The van der Waals surface area contributed by atoms with Crippen LogP contribution >= 0.6 is 0 Å². The third-order valence-electron chi connectivity index (χ3n) is 4.85. The number of piperidine rings is 1. The molecule has 1 aromatic rings. The topological polar surface area (TPSA) is 81.8 Å². The highest BCUT2D eigenvalue weighted by Crippen LogP contribution is 2.19. The van der Waals surface area contributed by atoms with Crippen molar-refractivity contribution < 1.29 is 14.4 Å². The molecule has 7 heteroatoms. The van der Waals surface area contributed by atoms with Gasteiger partial charge < -0.3 is 15.1 Å². The van der Waals surface area contributed by atoms with Crippen molar-refractivity contribution >= 4 is 23.5 Å². The Hall–Kier alpha value is -2.57. The second kappa shape index (κ2) is 7.13. The molecule has 1 atom stereocenters. The second-order valence-electron chi connectivity index (χ2n) is 6.83. The fourth-order valence-electron chi connectivity index (χ4n) is 3.26. The Kier molecular flexibility index (Phi) is 4.92. The first-order chi connectivity index (χ1) is 11.9. The number of amides is 4. The van der Waals surface area contributed by atoms with Gasteiger partial charge in [-0.15, -0.1) is 0 Å². The first kappa shape index (κ1) is 17.3. The summed E-state index contributed by atoms with van der Waals surface area (Å²) in [6.45, 7) is 5.37. The molecule has 2 fully saturated rings. The van der Waals surface area contributed by atoms with Gasteiger partial charge in [0.15, 0.2) is 0 Å². The SMILES string of the molecule is Cc1ccc(N[C@@H]2CCCN(C(=O)CN3CC(=O)NC3=O)C2)cc1C. The van der Waals surface area contributed by atoms with E-state index in [4.69, 9.17) is 0 Å². The standard InChI is InChI=1S/C18H24N4O3/c1-12-5-6-14(8-13(12)2)19-15-4-3-7-21(9-15)17(24)11-22-10-16(23)20-18(22)25/h5-6,8,15,19H,3-4,7,9-11H2,1-2H3,(H,20,23,25)/t15-/m1/s1. The van der Waals surface area contributed by atoms with Crippen LogP contribution in [0.4, 0.5) is 10.5 Å². The van der Waals surface area contributed by atoms with Crippen molar-refractivity contribution in [2.45, 2.75) is 32.7 Å². The van der Waals surface area contributed by atoms with Gasteiger partial charge in [-0.3, -0.25) is 14.9 Å². The number of hydrogen-bond acceptors (Lipinski definition) is 4. The number of nitrogens with one attached hydrogen (secondary N) is 2. The number of rotatable bonds is 4. The van der Waals surface area contributed by atoms with Crippen LogP contribution in [0.2, 0.25) is 0 Å². The van der Waals surface area contributed by atoms with Crippen LogP contribution in [0.1, 0.15) is 24.0 Å². The minimum absolute atomic E-state index is 0.0390. The van der Waals surface area contributed by atoms with Crippen LogP contribution in [-0.2, 0) is 9.59 Å². The highest BCUT2D eigenvalue weighted by atomic mass is 16.2. The normalized spacial score (nSPS) is 20.6. The van der Waals surface area contributed by atoms with Gasteiger partial charge in [0, 0.05) is 24.8 Å². The molecule has 0 spiro atoms. The van der Waals surface area contributed by atoms with Crippen molar-refractivity contribution in [3.63, 3.8) is 0 Å². The minimum Gasteiger partial charge on any atom is -0.381 e. The van der Waals surface area contributed by atoms with E-state index in [-0.39, 0.29) is 30.9 Å². The summed E-state index contributed by atoms with van der Waals surface area (Å²) in [6, 6.07) is 5.97. The minimum atomic E-state index is -0.486. The Bertz CT molecular complexity index is 704. The van der Waals surface area contributed by atoms with Gasteiger partial charge in [-0.1, -0.05) is 6.07 Å². The van der Waals surface area contributed by atoms with Crippen LogP contribution in [0.15, 0.2) is 18.2 Å². The zero-order valence-corrected chi connectivity index (χ0v) is 14.7. The van der Waals surface area contributed by atoms with E-state index in [1.54, 1.807) is 4.90 Å². The molecule has 134 valence electrons. The van der Waals surface area contributed by atoms with Crippen molar-refractivity contribution in [3.8, 4) is 0 Å². The van der Waals surface area contributed by atoms with Crippen molar-refractivity contribution in [3.05, 3.63) is 29.3 Å². The fraction of sp³-hybridized carbons (Fsp3) is 0.500. The summed E-state index contributed by atoms with van der Waals surface area (Å²) >= 11 is 0. The molecule has 0 aromatic heterocycles. The molecule has 2 heterocycles. The smallest absolute Gasteiger partial charge is 0.325 e. The molecule has 2 aliphatic heterocycles. The van der Waals surface area contributed by atoms with Gasteiger partial charge in [0.25, 0.3) is 0 Å². The average Bonchev–Trinajstić information content (AvgIpc) is 2.88. The summed E-state index contributed by atoms with van der Waals surface area (Å²) in [5.74, 6) is -0.470. The number of carbonyl (C=O) groups excluding carboxylic acids is 3. The van der Waals surface area contributed by atoms with Gasteiger partial charge in [-0.05, 0) is 49.9 Å². The van der Waals surface area contributed by atoms with Crippen LogP contribution in [0.5, 0.6) is 0 Å². The quantitative estimate of drug-likeness (QED) is 0.806. The molecule has 7 nitrogen and oxygen atoms in total. The number of urea groups is 1. The summed E-state index contributed by atoms with van der Waals surface area (Å²) in [7, 11) is 0. The highest BCUT2D eigenvalue weighted by Gasteiger charge is 2.31. The predicted octanol–water partition coefficient (Wildman–Crippen LogP) is 1.26. The third-order valence-corrected chi connectivity index (χ3v) is 4.85. The highest BCUT2D eigenvalue weighted by molar-refractivity contribution is 6.03. The molecule has 0 radical (unpaired) electrons. The number of aryl methyl sites for hydroxylation is 2. The lowest BCUT2D eigenvalue weighted by Gasteiger charge is -2.34. The maximum absolute atomic E-state index is 12.5. The van der Waals surface area contributed by atoms with E-state index in [2.05, 4.69) is 42.7 Å². The molecule has 0 saturated carbocycles. The van der Waals surface area contributed by atoms with E-state index in [0.717, 1.165) is 18.5 Å². The maximum Gasteiger partial charge on any atom is 0.325 e. The van der Waals surface area contributed by atoms with Crippen LogP contribution < -0.4 is 10.6 Å². The lowest BCUT2D eigenvalue weighted by molar-refractivity contribution is -0.132. The van der Waals surface area contributed by atoms with Crippen molar-refractivity contribution in [1.29, 1.82) is 0 Å². The number of imide groups is 1. The summed E-state index contributed by atoms with van der Waals surface area (Å²) < 4.78 is 0. The van der Waals surface area contributed by atoms with E-state index in [9.17, 15) is 14.4 Å². The lowest BCUT2D eigenvalue weighted by atomic mass is 10.0. The van der Waals surface area contributed by atoms with Crippen LogP contribution in [-0.4, -0.2) is 59.9 Å². The Labute approximate surface area is 147 Å². The molecule has 3 rings (SSSR count). The van der Waals surface area contributed by atoms with Gasteiger partial charge in [0.2, 0.25) is 11.8 Å². The van der Waals surface area contributed by atoms with Gasteiger partial charge in [-0.2, -0.15) is 0 Å². The average molecular weight is 344 g/mol. The molecule has 2 saturated heterocycles. The number of nitrogens with zero attached hydrogens (tertiary/aromatic N) is 2. The molecular formula is C18H24N4O3. The van der Waals surface area contributed by atoms with Crippen molar-refractivity contribution in [2.75, 3.05) is 31.5 Å². The molecule has 0 aliphatic carbocycles. The number of likely N-dealkylation sites (tertiary alicyclic amines) is 1. The monoisotopic (exact) mass is 344 g/mol. The van der Waals surface area contributed by atoms with E-state index >= 15 is 0 Å². The predicted molar refractivity (Wildman–Crippen MR) is 94.3 cm³/mol. The van der Waals surface area contributed by atoms with Crippen LogP contribution in [0.3, 0.4) is 0 Å². The van der Waals surface area contributed by atoms with Gasteiger partial charge in [0.1, 0.15) is 13.1 Å². The van der Waals surface area contributed by atoms with Crippen molar-refractivity contribution in [1.82, 2.24) is 15.1 Å². The van der Waals surface area contributed by atoms with E-state index in [0.29, 0.717) is 13.1 Å². The van der Waals surface area contributed by atoms with E-state index in [1.165, 1.54) is 16.0 Å². The Morgan fingerprint density at radius 3 is 2.76 bits per heavy atom. The van der Waals surface area contributed by atoms with Crippen LogP contribution in [0.25, 0.3) is 0 Å². The summed E-state index contributed by atoms with van der Waals surface area (Å²) in [6.07, 6.45) is 1.92. The molecule has 2 aliphatic rings. The molecule has 2 N–H and O–H groups in total. The second-order valence-corrected chi connectivity index (χ2v) is 6.83. The van der Waals surface area contributed by atoms with Gasteiger partial charge in [-0.25, -0.2) is 4.79 Å². The first-order valence-corrected chi connectivity index (χ1v) is 8.62. The molecular weight excluding hydrogens is 320 g/mol. The number of hydrogen-bond donors (Lipinski definition) is 2. The number of carbonyl (C=O) groups is 3. The van der Waals surface area contributed by atoms with E-state index < -0.39 is 6.03 Å². The zero-order chi connectivity index (χ0) is 18.0. The fourth-order valence-corrected chi connectivity index (χ4v) is 3.26. The first-order valence-electron chi connectivity index (χ1n) is 8.62. The number of anilines is 1. The van der Waals surface area contributed by atoms with Gasteiger partial charge >= 0.3 is 6.03 Å². The molecule has 0 unspecified atom stereocenters. The summed E-state index contributed by atoms with van der Waals surface area (Å²) in [5.41, 5.74) is 3.55. The van der Waals surface area contributed by atoms with Crippen molar-refractivity contribution in [2.24, 2.45) is 0 Å². The lowest BCUT2D eigenvalue weighted by Crippen LogP contribution is -2.49. The maximum atomic E-state index is 12.5. The zero-order valence-electron chi connectivity index (χ0n) is 14.7. The molecule has 25 heavy (non-hydrogen) atoms. The summed E-state index contributed by atoms with van der Waals surface area (Å²) in [4.78, 5) is 38.3. The Morgan fingerprint density at radius 2 is 2.08 bits per heavy atom. The van der Waals surface area contributed by atoms with E-state index in [1.807, 2.05) is 0 Å². The molecule has 1 aromatic carbocycles. The Morgan fingerprint density at radius 1 is 1.28 bits per heavy atom. The molecule has 0 bridgehead atoms. The number of benzene rings is 1. The van der Waals surface area contributed by atoms with Gasteiger partial charge in [0.05, 0.1) is 0 Å². The summed E-state index contributed by atoms with van der Waals surface area (Å²) in [5, 5.41) is 5.69. The van der Waals surface area contributed by atoms with Crippen LogP contribution in [0, 0.1) is 13.8 Å². The third kappa shape index (κ3) is 4.10. The molecule has 4 amide bonds.